The summed E-state index contributed by atoms with van der Waals surface area (Å²) in [5.74, 6) is -0.0648. The van der Waals surface area contributed by atoms with Crippen LogP contribution < -0.4 is 5.73 Å². The van der Waals surface area contributed by atoms with Gasteiger partial charge in [0.15, 0.2) is 12.0 Å². The molecular formula is C21H20N4O2. The van der Waals surface area contributed by atoms with Gasteiger partial charge in [0.05, 0.1) is 12.3 Å². The summed E-state index contributed by atoms with van der Waals surface area (Å²) in [6.45, 7) is 0.976. The lowest BCUT2D eigenvalue weighted by Gasteiger charge is -2.30. The summed E-state index contributed by atoms with van der Waals surface area (Å²) in [6, 6.07) is 15.3. The smallest absolute Gasteiger partial charge is 0.254 e. The molecule has 136 valence electrons. The molecule has 1 aromatic heterocycles. The first-order chi connectivity index (χ1) is 13.2. The Balaban J connectivity index is 1.57. The predicted molar refractivity (Wildman–Crippen MR) is 105 cm³/mol. The first kappa shape index (κ1) is 17.0. The van der Waals surface area contributed by atoms with Crippen molar-refractivity contribution in [2.24, 2.45) is 10.7 Å². The largest absolute Gasteiger partial charge is 0.443 e. The molecule has 0 aliphatic carbocycles. The molecule has 2 aromatic carbocycles. The van der Waals surface area contributed by atoms with Crippen molar-refractivity contribution in [2.45, 2.75) is 6.42 Å². The van der Waals surface area contributed by atoms with Gasteiger partial charge < -0.3 is 15.1 Å². The molecule has 2 heterocycles. The quantitative estimate of drug-likeness (QED) is 0.728. The maximum atomic E-state index is 12.9. The van der Waals surface area contributed by atoms with Crippen molar-refractivity contribution in [2.75, 3.05) is 20.1 Å². The first-order valence-corrected chi connectivity index (χ1v) is 8.80. The second-order valence-electron chi connectivity index (χ2n) is 6.45. The van der Waals surface area contributed by atoms with Gasteiger partial charge in [-0.1, -0.05) is 30.3 Å². The number of hydrogen-bond acceptors (Lipinski definition) is 5. The summed E-state index contributed by atoms with van der Waals surface area (Å²) < 4.78 is 5.30. The van der Waals surface area contributed by atoms with E-state index in [0.29, 0.717) is 36.4 Å². The molecular weight excluding hydrogens is 340 g/mol. The molecule has 0 fully saturated rings. The number of carbonyl (C=O) groups is 1. The van der Waals surface area contributed by atoms with Gasteiger partial charge in [-0.2, -0.15) is 0 Å². The van der Waals surface area contributed by atoms with Crippen LogP contribution in [-0.4, -0.2) is 41.6 Å². The fraction of sp³-hybridized carbons (Fsp3) is 0.190. The number of oxazole rings is 1. The molecule has 0 atom stereocenters. The number of benzene rings is 2. The van der Waals surface area contributed by atoms with E-state index in [4.69, 9.17) is 10.2 Å². The third kappa shape index (κ3) is 3.21. The third-order valence-corrected chi connectivity index (χ3v) is 4.80. The van der Waals surface area contributed by atoms with Gasteiger partial charge in [-0.15, -0.1) is 0 Å². The average molecular weight is 360 g/mol. The molecule has 0 spiro atoms. The number of rotatable bonds is 3. The van der Waals surface area contributed by atoms with E-state index >= 15 is 0 Å². The van der Waals surface area contributed by atoms with Crippen molar-refractivity contribution in [3.63, 3.8) is 0 Å². The van der Waals surface area contributed by atoms with Crippen LogP contribution in [0.25, 0.3) is 11.1 Å². The van der Waals surface area contributed by atoms with E-state index in [9.17, 15) is 4.79 Å². The second kappa shape index (κ2) is 7.07. The van der Waals surface area contributed by atoms with Crippen molar-refractivity contribution >= 4 is 22.7 Å². The Kier molecular flexibility index (Phi) is 4.46. The lowest BCUT2D eigenvalue weighted by molar-refractivity contribution is 0.0764. The predicted octanol–water partition coefficient (Wildman–Crippen LogP) is 3.01. The highest BCUT2D eigenvalue weighted by Gasteiger charge is 2.25. The van der Waals surface area contributed by atoms with E-state index in [0.717, 1.165) is 22.4 Å². The number of aliphatic imine (C=N–C) groups is 1. The van der Waals surface area contributed by atoms with Gasteiger partial charge in [0.25, 0.3) is 5.91 Å². The number of nitrogens with two attached hydrogens (primary N) is 1. The number of aromatic nitrogens is 1. The Labute approximate surface area is 157 Å². The van der Waals surface area contributed by atoms with E-state index in [1.54, 1.807) is 30.1 Å². The summed E-state index contributed by atoms with van der Waals surface area (Å²) in [6.07, 6.45) is 2.05. The van der Waals surface area contributed by atoms with Gasteiger partial charge in [-0.25, -0.2) is 4.98 Å². The molecule has 27 heavy (non-hydrogen) atoms. The molecule has 3 aromatic rings. The molecule has 0 unspecified atom stereocenters. The number of carbonyl (C=O) groups excluding carboxylic acids is 1. The molecule has 0 saturated heterocycles. The van der Waals surface area contributed by atoms with Crippen LogP contribution in [0.1, 0.15) is 22.3 Å². The minimum Gasteiger partial charge on any atom is -0.443 e. The van der Waals surface area contributed by atoms with Crippen LogP contribution in [0.4, 0.5) is 0 Å². The minimum absolute atomic E-state index is 0.0648. The van der Waals surface area contributed by atoms with Gasteiger partial charge in [0.2, 0.25) is 0 Å². The zero-order chi connectivity index (χ0) is 18.8. The van der Waals surface area contributed by atoms with E-state index in [2.05, 4.69) is 9.98 Å². The number of fused-ring (bicyclic) bond motifs is 1. The van der Waals surface area contributed by atoms with Crippen LogP contribution in [0.15, 0.2) is 75.6 Å². The van der Waals surface area contributed by atoms with Crippen LogP contribution >= 0.6 is 0 Å². The van der Waals surface area contributed by atoms with Crippen LogP contribution in [0, 0.1) is 0 Å². The zero-order valence-corrected chi connectivity index (χ0v) is 15.1. The molecule has 0 saturated carbocycles. The standard InChI is InChI=1S/C21H20N4O2/c1-23-20(14-5-3-2-4-6-14)16-9-10-25(12-17(16)22)21(26)15-7-8-18-19(11-15)27-13-24-18/h2-8,11,13H,9-10,12,22H2,1H3. The highest BCUT2D eigenvalue weighted by molar-refractivity contribution is 6.13. The normalized spacial score (nSPS) is 15.4. The highest BCUT2D eigenvalue weighted by atomic mass is 16.3. The first-order valence-electron chi connectivity index (χ1n) is 8.80. The Morgan fingerprint density at radius 2 is 2.00 bits per heavy atom. The summed E-state index contributed by atoms with van der Waals surface area (Å²) >= 11 is 0. The van der Waals surface area contributed by atoms with Crippen LogP contribution in [0.5, 0.6) is 0 Å². The minimum atomic E-state index is -0.0648. The summed E-state index contributed by atoms with van der Waals surface area (Å²) in [4.78, 5) is 23.2. The maximum absolute atomic E-state index is 12.9. The van der Waals surface area contributed by atoms with Crippen LogP contribution in [-0.2, 0) is 0 Å². The molecule has 1 aliphatic heterocycles. The average Bonchev–Trinajstić information content (AvgIpc) is 3.18. The van der Waals surface area contributed by atoms with Crippen molar-refractivity contribution in [3.05, 3.63) is 77.3 Å². The fourth-order valence-electron chi connectivity index (χ4n) is 3.44. The molecule has 0 radical (unpaired) electrons. The van der Waals surface area contributed by atoms with Crippen molar-refractivity contribution < 1.29 is 9.21 Å². The zero-order valence-electron chi connectivity index (χ0n) is 15.1. The van der Waals surface area contributed by atoms with E-state index in [1.807, 2.05) is 30.3 Å². The Hall–Kier alpha value is -3.41. The van der Waals surface area contributed by atoms with E-state index in [1.165, 1.54) is 6.39 Å². The van der Waals surface area contributed by atoms with Crippen LogP contribution in [0.3, 0.4) is 0 Å². The molecule has 2 N–H and O–H groups in total. The fourth-order valence-corrected chi connectivity index (χ4v) is 3.44. The lowest BCUT2D eigenvalue weighted by Crippen LogP contribution is -2.40. The SMILES string of the molecule is CN=C(C1=C(N)CN(C(=O)c2ccc3ncoc3c2)CC1)c1ccccc1. The molecule has 4 rings (SSSR count). The number of nitrogens with zero attached hydrogens (tertiary/aromatic N) is 3. The second-order valence-corrected chi connectivity index (χ2v) is 6.45. The molecule has 6 heteroatoms. The highest BCUT2D eigenvalue weighted by Crippen LogP contribution is 2.23. The molecule has 1 aliphatic rings. The van der Waals surface area contributed by atoms with E-state index < -0.39 is 0 Å². The van der Waals surface area contributed by atoms with Crippen molar-refractivity contribution in [1.29, 1.82) is 0 Å². The lowest BCUT2D eigenvalue weighted by atomic mass is 9.95. The van der Waals surface area contributed by atoms with Gasteiger partial charge >= 0.3 is 0 Å². The summed E-state index contributed by atoms with van der Waals surface area (Å²) in [5, 5.41) is 0. The van der Waals surface area contributed by atoms with Crippen molar-refractivity contribution in [3.8, 4) is 0 Å². The van der Waals surface area contributed by atoms with E-state index in [-0.39, 0.29) is 5.91 Å². The Morgan fingerprint density at radius 1 is 1.19 bits per heavy atom. The molecule has 0 bridgehead atoms. The van der Waals surface area contributed by atoms with Gasteiger partial charge in [0.1, 0.15) is 5.52 Å². The number of amides is 1. The maximum Gasteiger partial charge on any atom is 0.254 e. The third-order valence-electron chi connectivity index (χ3n) is 4.80. The summed E-state index contributed by atoms with van der Waals surface area (Å²) in [5.41, 5.74) is 11.9. The van der Waals surface area contributed by atoms with Crippen LogP contribution in [0.2, 0.25) is 0 Å². The Morgan fingerprint density at radius 3 is 2.74 bits per heavy atom. The van der Waals surface area contributed by atoms with Gasteiger partial charge in [-0.05, 0) is 30.2 Å². The Bertz CT molecular complexity index is 1050. The molecule has 1 amide bonds. The van der Waals surface area contributed by atoms with Gasteiger partial charge in [-0.3, -0.25) is 9.79 Å². The van der Waals surface area contributed by atoms with Crippen molar-refractivity contribution in [1.82, 2.24) is 9.88 Å². The monoisotopic (exact) mass is 360 g/mol. The van der Waals surface area contributed by atoms with Gasteiger partial charge in [0, 0.05) is 30.4 Å². The number of hydrogen-bond donors (Lipinski definition) is 1. The molecule has 6 nitrogen and oxygen atoms in total. The summed E-state index contributed by atoms with van der Waals surface area (Å²) in [7, 11) is 1.77. The topological polar surface area (TPSA) is 84.7 Å².